The van der Waals surface area contributed by atoms with Crippen molar-refractivity contribution < 1.29 is 9.90 Å². The third-order valence-corrected chi connectivity index (χ3v) is 3.07. The molecule has 1 aromatic heterocycles. The van der Waals surface area contributed by atoms with Crippen molar-refractivity contribution in [2.75, 3.05) is 0 Å². The Kier molecular flexibility index (Phi) is 4.49. The van der Waals surface area contributed by atoms with Crippen LogP contribution in [0.2, 0.25) is 5.02 Å². The fraction of sp³-hybridized carbons (Fsp3) is 0.143. The van der Waals surface area contributed by atoms with E-state index >= 15 is 0 Å². The van der Waals surface area contributed by atoms with Gasteiger partial charge in [0.1, 0.15) is 6.04 Å². The first kappa shape index (κ1) is 13.5. The van der Waals surface area contributed by atoms with Gasteiger partial charge in [0.2, 0.25) is 0 Å². The van der Waals surface area contributed by atoms with Crippen molar-refractivity contribution in [3.05, 3.63) is 64.9 Å². The number of pyridine rings is 1. The van der Waals surface area contributed by atoms with Crippen LogP contribution in [0.5, 0.6) is 0 Å². The van der Waals surface area contributed by atoms with Crippen LogP contribution in [0.1, 0.15) is 17.2 Å². The van der Waals surface area contributed by atoms with Gasteiger partial charge in [0.25, 0.3) is 0 Å². The molecule has 0 bridgehead atoms. The molecule has 5 heteroatoms. The predicted molar refractivity (Wildman–Crippen MR) is 72.9 cm³/mol. The van der Waals surface area contributed by atoms with Gasteiger partial charge in [-0.05, 0) is 29.3 Å². The van der Waals surface area contributed by atoms with Crippen LogP contribution in [0.15, 0.2) is 48.8 Å². The van der Waals surface area contributed by atoms with Gasteiger partial charge < -0.3 is 5.11 Å². The average Bonchev–Trinajstić information content (AvgIpc) is 2.42. The number of aliphatic carboxylic acids is 1. The van der Waals surface area contributed by atoms with Crippen LogP contribution in [-0.2, 0) is 11.3 Å². The van der Waals surface area contributed by atoms with Gasteiger partial charge in [0.05, 0.1) is 0 Å². The molecule has 19 heavy (non-hydrogen) atoms. The largest absolute Gasteiger partial charge is 0.480 e. The van der Waals surface area contributed by atoms with Gasteiger partial charge in [-0.25, -0.2) is 0 Å². The summed E-state index contributed by atoms with van der Waals surface area (Å²) in [4.78, 5) is 15.3. The number of hydrogen-bond donors (Lipinski definition) is 2. The molecule has 98 valence electrons. The zero-order chi connectivity index (χ0) is 13.7. The standard InChI is InChI=1S/C14H13ClN2O2/c15-12-4-2-1-3-11(12)13(14(18)19)17-9-10-5-7-16-8-6-10/h1-8,13,17H,9H2,(H,18,19). The highest BCUT2D eigenvalue weighted by molar-refractivity contribution is 6.31. The lowest BCUT2D eigenvalue weighted by Crippen LogP contribution is -2.28. The zero-order valence-corrected chi connectivity index (χ0v) is 10.8. The number of hydrogen-bond acceptors (Lipinski definition) is 3. The van der Waals surface area contributed by atoms with Crippen LogP contribution in [0.4, 0.5) is 0 Å². The van der Waals surface area contributed by atoms with Crippen molar-refractivity contribution in [1.82, 2.24) is 10.3 Å². The van der Waals surface area contributed by atoms with Crippen LogP contribution >= 0.6 is 11.6 Å². The maximum absolute atomic E-state index is 11.3. The second-order valence-electron chi connectivity index (χ2n) is 4.03. The summed E-state index contributed by atoms with van der Waals surface area (Å²) in [7, 11) is 0. The van der Waals surface area contributed by atoms with Gasteiger partial charge in [0.15, 0.2) is 0 Å². The van der Waals surface area contributed by atoms with Crippen LogP contribution < -0.4 is 5.32 Å². The highest BCUT2D eigenvalue weighted by atomic mass is 35.5. The van der Waals surface area contributed by atoms with E-state index in [2.05, 4.69) is 10.3 Å². The smallest absolute Gasteiger partial charge is 0.325 e. The molecule has 0 radical (unpaired) electrons. The molecule has 2 N–H and O–H groups in total. The van der Waals surface area contributed by atoms with Crippen molar-refractivity contribution in [2.24, 2.45) is 0 Å². The van der Waals surface area contributed by atoms with Gasteiger partial charge in [-0.2, -0.15) is 0 Å². The molecule has 0 saturated heterocycles. The fourth-order valence-corrected chi connectivity index (χ4v) is 2.00. The molecule has 1 aromatic carbocycles. The Morgan fingerprint density at radius 2 is 1.95 bits per heavy atom. The van der Waals surface area contributed by atoms with E-state index in [-0.39, 0.29) is 0 Å². The predicted octanol–water partition coefficient (Wildman–Crippen LogP) is 2.65. The first-order valence-electron chi connectivity index (χ1n) is 5.78. The minimum Gasteiger partial charge on any atom is -0.480 e. The molecule has 0 amide bonds. The van der Waals surface area contributed by atoms with Crippen molar-refractivity contribution >= 4 is 17.6 Å². The molecule has 0 saturated carbocycles. The minimum absolute atomic E-state index is 0.435. The number of nitrogens with zero attached hydrogens (tertiary/aromatic N) is 1. The van der Waals surface area contributed by atoms with E-state index in [4.69, 9.17) is 11.6 Å². The van der Waals surface area contributed by atoms with Gasteiger partial charge >= 0.3 is 5.97 Å². The summed E-state index contributed by atoms with van der Waals surface area (Å²) < 4.78 is 0. The molecule has 1 heterocycles. The number of benzene rings is 1. The number of halogens is 1. The topological polar surface area (TPSA) is 62.2 Å². The summed E-state index contributed by atoms with van der Waals surface area (Å²) in [5.41, 5.74) is 1.53. The number of carboxylic acids is 1. The van der Waals surface area contributed by atoms with Crippen LogP contribution in [-0.4, -0.2) is 16.1 Å². The molecule has 0 aliphatic heterocycles. The Labute approximate surface area is 116 Å². The lowest BCUT2D eigenvalue weighted by atomic mass is 10.1. The Morgan fingerprint density at radius 3 is 2.58 bits per heavy atom. The summed E-state index contributed by atoms with van der Waals surface area (Å²) in [6.45, 7) is 0.435. The summed E-state index contributed by atoms with van der Waals surface area (Å²) >= 11 is 6.03. The van der Waals surface area contributed by atoms with Crippen molar-refractivity contribution in [1.29, 1.82) is 0 Å². The second-order valence-corrected chi connectivity index (χ2v) is 4.44. The lowest BCUT2D eigenvalue weighted by molar-refractivity contribution is -0.139. The molecule has 0 spiro atoms. The lowest BCUT2D eigenvalue weighted by Gasteiger charge is -2.16. The summed E-state index contributed by atoms with van der Waals surface area (Å²) in [5, 5.41) is 12.7. The zero-order valence-electron chi connectivity index (χ0n) is 10.1. The molecular formula is C14H13ClN2O2. The minimum atomic E-state index is -0.956. The van der Waals surface area contributed by atoms with Gasteiger partial charge in [-0.15, -0.1) is 0 Å². The molecule has 2 aromatic rings. The average molecular weight is 277 g/mol. The molecule has 0 aliphatic carbocycles. The van der Waals surface area contributed by atoms with E-state index in [1.54, 1.807) is 36.7 Å². The van der Waals surface area contributed by atoms with Crippen molar-refractivity contribution in [3.63, 3.8) is 0 Å². The molecule has 0 aliphatic rings. The maximum Gasteiger partial charge on any atom is 0.325 e. The van der Waals surface area contributed by atoms with E-state index in [9.17, 15) is 9.90 Å². The SMILES string of the molecule is O=C(O)C(NCc1ccncc1)c1ccccc1Cl. The maximum atomic E-state index is 11.3. The number of nitrogens with one attached hydrogen (secondary N) is 1. The molecular weight excluding hydrogens is 264 g/mol. The Morgan fingerprint density at radius 1 is 1.26 bits per heavy atom. The third kappa shape index (κ3) is 3.53. The Hall–Kier alpha value is -1.91. The summed E-state index contributed by atoms with van der Waals surface area (Å²) in [6.07, 6.45) is 3.34. The van der Waals surface area contributed by atoms with Crippen LogP contribution in [0, 0.1) is 0 Å². The first-order valence-corrected chi connectivity index (χ1v) is 6.16. The van der Waals surface area contributed by atoms with E-state index in [1.807, 2.05) is 12.1 Å². The molecule has 2 rings (SSSR count). The van der Waals surface area contributed by atoms with E-state index in [0.29, 0.717) is 17.1 Å². The van der Waals surface area contributed by atoms with Crippen molar-refractivity contribution in [3.8, 4) is 0 Å². The Balaban J connectivity index is 2.14. The molecule has 1 unspecified atom stereocenters. The van der Waals surface area contributed by atoms with E-state index in [1.165, 1.54) is 0 Å². The monoisotopic (exact) mass is 276 g/mol. The normalized spacial score (nSPS) is 12.1. The first-order chi connectivity index (χ1) is 9.18. The van der Waals surface area contributed by atoms with Gasteiger partial charge in [0, 0.05) is 24.0 Å². The van der Waals surface area contributed by atoms with Crippen LogP contribution in [0.3, 0.4) is 0 Å². The van der Waals surface area contributed by atoms with E-state index < -0.39 is 12.0 Å². The molecule has 1 atom stereocenters. The van der Waals surface area contributed by atoms with Gasteiger partial charge in [-0.3, -0.25) is 15.1 Å². The molecule has 4 nitrogen and oxygen atoms in total. The van der Waals surface area contributed by atoms with Crippen LogP contribution in [0.25, 0.3) is 0 Å². The summed E-state index contributed by atoms with van der Waals surface area (Å²) in [6, 6.07) is 9.76. The third-order valence-electron chi connectivity index (χ3n) is 2.72. The van der Waals surface area contributed by atoms with Crippen molar-refractivity contribution in [2.45, 2.75) is 12.6 Å². The van der Waals surface area contributed by atoms with E-state index in [0.717, 1.165) is 5.56 Å². The van der Waals surface area contributed by atoms with Gasteiger partial charge in [-0.1, -0.05) is 29.8 Å². The quantitative estimate of drug-likeness (QED) is 0.881. The number of aromatic nitrogens is 1. The Bertz CT molecular complexity index is 560. The second kappa shape index (κ2) is 6.31. The number of carbonyl (C=O) groups is 1. The highest BCUT2D eigenvalue weighted by Gasteiger charge is 2.21. The highest BCUT2D eigenvalue weighted by Crippen LogP contribution is 2.23. The summed E-state index contributed by atoms with van der Waals surface area (Å²) in [5.74, 6) is -0.956. The number of carboxylic acid groups (broad SMARTS) is 1. The number of rotatable bonds is 5. The fourth-order valence-electron chi connectivity index (χ4n) is 1.76. The molecule has 0 fully saturated rings.